The van der Waals surface area contributed by atoms with Crippen LogP contribution < -0.4 is 4.74 Å². The van der Waals surface area contributed by atoms with Crippen molar-refractivity contribution in [2.75, 3.05) is 18.9 Å². The Morgan fingerprint density at radius 1 is 1.44 bits per heavy atom. The van der Waals surface area contributed by atoms with Crippen LogP contribution in [0.5, 0.6) is 5.75 Å². The average molecular weight is 284 g/mol. The van der Waals surface area contributed by atoms with E-state index < -0.39 is 0 Å². The van der Waals surface area contributed by atoms with E-state index in [4.69, 9.17) is 16.3 Å². The third kappa shape index (κ3) is 2.45. The summed E-state index contributed by atoms with van der Waals surface area (Å²) in [4.78, 5) is 14.0. The average Bonchev–Trinajstić information content (AvgIpc) is 3.00. The Kier molecular flexibility index (Phi) is 3.39. The van der Waals surface area contributed by atoms with Crippen molar-refractivity contribution in [2.45, 2.75) is 17.7 Å². The first kappa shape index (κ1) is 12.2. The summed E-state index contributed by atoms with van der Waals surface area (Å²) in [5, 5.41) is 1.32. The van der Waals surface area contributed by atoms with Crippen LogP contribution in [0.3, 0.4) is 0 Å². The van der Waals surface area contributed by atoms with Crippen molar-refractivity contribution in [1.82, 2.24) is 4.90 Å². The number of thioether (sulfide) groups is 1. The predicted molar refractivity (Wildman–Crippen MR) is 73.3 cm³/mol. The summed E-state index contributed by atoms with van der Waals surface area (Å²) in [6, 6.07) is 7.51. The number of likely N-dealkylation sites (tertiary alicyclic amines) is 1. The van der Waals surface area contributed by atoms with E-state index in [1.807, 2.05) is 16.7 Å². The highest BCUT2D eigenvalue weighted by atomic mass is 35.5. The molecule has 0 saturated carbocycles. The maximum Gasteiger partial charge on any atom is 0.260 e. The van der Waals surface area contributed by atoms with Crippen LogP contribution in [0.4, 0.5) is 0 Å². The van der Waals surface area contributed by atoms with E-state index in [0.29, 0.717) is 22.1 Å². The minimum atomic E-state index is 0.0951. The second-order valence-corrected chi connectivity index (χ2v) is 6.40. The number of nitrogens with zero attached hydrogens (tertiary/aromatic N) is 1. The zero-order valence-corrected chi connectivity index (χ0v) is 11.4. The molecule has 0 aliphatic carbocycles. The number of hydrogen-bond donors (Lipinski definition) is 0. The lowest BCUT2D eigenvalue weighted by Crippen LogP contribution is -2.41. The smallest absolute Gasteiger partial charge is 0.260 e. The minimum absolute atomic E-state index is 0.0951. The number of amides is 1. The molecule has 3 rings (SSSR count). The molecule has 2 atom stereocenters. The van der Waals surface area contributed by atoms with Gasteiger partial charge in [-0.05, 0) is 30.7 Å². The number of carbonyl (C=O) groups is 1. The van der Waals surface area contributed by atoms with Gasteiger partial charge in [-0.3, -0.25) is 4.79 Å². The molecule has 0 aromatic heterocycles. The first-order chi connectivity index (χ1) is 8.72. The lowest BCUT2D eigenvalue weighted by Gasteiger charge is -2.26. The van der Waals surface area contributed by atoms with Gasteiger partial charge >= 0.3 is 0 Å². The van der Waals surface area contributed by atoms with Crippen LogP contribution in [0.15, 0.2) is 24.3 Å². The van der Waals surface area contributed by atoms with Gasteiger partial charge in [0.25, 0.3) is 5.91 Å². The molecule has 2 heterocycles. The topological polar surface area (TPSA) is 29.5 Å². The van der Waals surface area contributed by atoms with Gasteiger partial charge in [0, 0.05) is 28.6 Å². The van der Waals surface area contributed by atoms with Crippen molar-refractivity contribution in [3.05, 3.63) is 29.3 Å². The molecule has 1 amide bonds. The van der Waals surface area contributed by atoms with Crippen molar-refractivity contribution in [3.8, 4) is 5.75 Å². The fraction of sp³-hybridized carbons (Fsp3) is 0.462. The number of benzene rings is 1. The molecule has 3 nitrogen and oxygen atoms in total. The van der Waals surface area contributed by atoms with Crippen LogP contribution >= 0.6 is 23.4 Å². The van der Waals surface area contributed by atoms with E-state index in [0.717, 1.165) is 18.7 Å². The fourth-order valence-corrected chi connectivity index (χ4v) is 4.02. The van der Waals surface area contributed by atoms with Crippen LogP contribution in [0.2, 0.25) is 5.02 Å². The number of ether oxygens (including phenoxy) is 1. The molecule has 0 N–H and O–H groups in total. The third-order valence-electron chi connectivity index (χ3n) is 3.40. The molecule has 2 saturated heterocycles. The second kappa shape index (κ2) is 5.02. The Bertz CT molecular complexity index is 451. The molecule has 2 aliphatic heterocycles. The maximum absolute atomic E-state index is 12.0. The van der Waals surface area contributed by atoms with Gasteiger partial charge in [-0.25, -0.2) is 0 Å². The maximum atomic E-state index is 12.0. The summed E-state index contributed by atoms with van der Waals surface area (Å²) >= 11 is 7.77. The van der Waals surface area contributed by atoms with Gasteiger partial charge in [-0.15, -0.1) is 0 Å². The molecular formula is C13H14ClNO2S. The molecule has 2 bridgehead atoms. The van der Waals surface area contributed by atoms with Gasteiger partial charge in [-0.2, -0.15) is 11.8 Å². The molecule has 0 radical (unpaired) electrons. The summed E-state index contributed by atoms with van der Waals surface area (Å²) < 4.78 is 5.49. The van der Waals surface area contributed by atoms with Crippen LogP contribution in [0.25, 0.3) is 0 Å². The lowest BCUT2D eigenvalue weighted by molar-refractivity contribution is -0.133. The largest absolute Gasteiger partial charge is 0.484 e. The molecule has 18 heavy (non-hydrogen) atoms. The number of halogens is 1. The molecule has 5 heteroatoms. The molecule has 96 valence electrons. The Morgan fingerprint density at radius 3 is 2.83 bits per heavy atom. The number of carbonyl (C=O) groups excluding carboxylic acids is 1. The first-order valence-corrected chi connectivity index (χ1v) is 7.44. The summed E-state index contributed by atoms with van der Waals surface area (Å²) in [6.07, 6.45) is 1.15. The van der Waals surface area contributed by atoms with Gasteiger partial charge in [0.15, 0.2) is 6.61 Å². The van der Waals surface area contributed by atoms with E-state index in [1.54, 1.807) is 24.3 Å². The normalized spacial score (nSPS) is 25.5. The molecule has 0 spiro atoms. The van der Waals surface area contributed by atoms with Crippen molar-refractivity contribution < 1.29 is 9.53 Å². The highest BCUT2D eigenvalue weighted by Gasteiger charge is 2.40. The zero-order valence-electron chi connectivity index (χ0n) is 9.84. The minimum Gasteiger partial charge on any atom is -0.484 e. The van der Waals surface area contributed by atoms with Crippen LogP contribution in [-0.2, 0) is 4.79 Å². The van der Waals surface area contributed by atoms with Gasteiger partial charge in [0.2, 0.25) is 0 Å². The van der Waals surface area contributed by atoms with E-state index in [2.05, 4.69) is 0 Å². The molecule has 2 fully saturated rings. The van der Waals surface area contributed by atoms with E-state index in [-0.39, 0.29) is 12.5 Å². The Hall–Kier alpha value is -0.870. The fourth-order valence-electron chi connectivity index (χ4n) is 2.46. The second-order valence-electron chi connectivity index (χ2n) is 4.63. The third-order valence-corrected chi connectivity index (χ3v) is 5.04. The highest BCUT2D eigenvalue weighted by Crippen LogP contribution is 2.37. The quantitative estimate of drug-likeness (QED) is 0.853. The van der Waals surface area contributed by atoms with Crippen molar-refractivity contribution in [1.29, 1.82) is 0 Å². The SMILES string of the molecule is O=C(COc1ccc(Cl)cc1)N1CC2CC1CS2. The highest BCUT2D eigenvalue weighted by molar-refractivity contribution is 8.00. The Balaban J connectivity index is 1.54. The van der Waals surface area contributed by atoms with Crippen LogP contribution in [-0.4, -0.2) is 41.0 Å². The van der Waals surface area contributed by atoms with Gasteiger partial charge < -0.3 is 9.64 Å². The standard InChI is InChI=1S/C13H14ClNO2S/c14-9-1-3-11(4-2-9)17-7-13(16)15-6-12-5-10(15)8-18-12/h1-4,10,12H,5-8H2. The molecule has 2 aliphatic rings. The number of fused-ring (bicyclic) bond motifs is 2. The van der Waals surface area contributed by atoms with Crippen molar-refractivity contribution >= 4 is 29.3 Å². The molecule has 1 aromatic carbocycles. The van der Waals surface area contributed by atoms with Gasteiger partial charge in [0.05, 0.1) is 0 Å². The van der Waals surface area contributed by atoms with E-state index in [9.17, 15) is 4.79 Å². The predicted octanol–water partition coefficient (Wildman–Crippen LogP) is 2.44. The van der Waals surface area contributed by atoms with Crippen LogP contribution in [0, 0.1) is 0 Å². The lowest BCUT2D eigenvalue weighted by atomic mass is 10.2. The van der Waals surface area contributed by atoms with E-state index >= 15 is 0 Å². The Labute approximate surface area is 115 Å². The summed E-state index contributed by atoms with van der Waals surface area (Å²) in [5.41, 5.74) is 0. The van der Waals surface area contributed by atoms with Gasteiger partial charge in [-0.1, -0.05) is 11.6 Å². The zero-order chi connectivity index (χ0) is 12.5. The molecule has 2 unspecified atom stereocenters. The molecular weight excluding hydrogens is 270 g/mol. The van der Waals surface area contributed by atoms with Gasteiger partial charge in [0.1, 0.15) is 5.75 Å². The summed E-state index contributed by atoms with van der Waals surface area (Å²) in [7, 11) is 0. The summed E-state index contributed by atoms with van der Waals surface area (Å²) in [5.74, 6) is 1.86. The number of rotatable bonds is 3. The number of hydrogen-bond acceptors (Lipinski definition) is 3. The summed E-state index contributed by atoms with van der Waals surface area (Å²) in [6.45, 7) is 1.01. The van der Waals surface area contributed by atoms with E-state index in [1.165, 1.54) is 0 Å². The Morgan fingerprint density at radius 2 is 2.22 bits per heavy atom. The molecule has 1 aromatic rings. The first-order valence-electron chi connectivity index (χ1n) is 6.02. The van der Waals surface area contributed by atoms with Crippen LogP contribution in [0.1, 0.15) is 6.42 Å². The van der Waals surface area contributed by atoms with Crippen molar-refractivity contribution in [3.63, 3.8) is 0 Å². The van der Waals surface area contributed by atoms with Crippen molar-refractivity contribution in [2.24, 2.45) is 0 Å². The monoisotopic (exact) mass is 283 g/mol.